The number of aliphatic hydroxyl groups is 1. The highest BCUT2D eigenvalue weighted by atomic mass is 79.9. The molecule has 0 aromatic heterocycles. The normalized spacial score (nSPS) is 16.5. The lowest BCUT2D eigenvalue weighted by molar-refractivity contribution is 0.196. The van der Waals surface area contributed by atoms with Crippen LogP contribution in [0.3, 0.4) is 0 Å². The summed E-state index contributed by atoms with van der Waals surface area (Å²) >= 11 is 3.64. The molecule has 5 heteroatoms. The van der Waals surface area contributed by atoms with Crippen LogP contribution in [0.2, 0.25) is 0 Å². The van der Waals surface area contributed by atoms with Crippen LogP contribution in [0.4, 0.5) is 0 Å². The fourth-order valence-corrected chi connectivity index (χ4v) is 3.31. The molecule has 1 aromatic rings. The SMILES string of the molecule is CCOc1cc(CN[C@@H](CC)CO)c(Br)cc1OC1CCCC1. The van der Waals surface area contributed by atoms with Gasteiger partial charge in [-0.2, -0.15) is 0 Å². The van der Waals surface area contributed by atoms with E-state index in [9.17, 15) is 5.11 Å². The molecule has 0 radical (unpaired) electrons. The lowest BCUT2D eigenvalue weighted by atomic mass is 10.1. The summed E-state index contributed by atoms with van der Waals surface area (Å²) in [5.41, 5.74) is 1.11. The molecule has 0 aliphatic heterocycles. The predicted molar refractivity (Wildman–Crippen MR) is 96.2 cm³/mol. The molecule has 0 heterocycles. The Morgan fingerprint density at radius 3 is 2.61 bits per heavy atom. The average molecular weight is 386 g/mol. The molecule has 0 bridgehead atoms. The number of hydrogen-bond acceptors (Lipinski definition) is 4. The van der Waals surface area contributed by atoms with Gasteiger partial charge in [-0.1, -0.05) is 22.9 Å². The maximum absolute atomic E-state index is 9.30. The second-order valence-corrected chi connectivity index (χ2v) is 6.87. The first kappa shape index (κ1) is 18.6. The molecule has 4 nitrogen and oxygen atoms in total. The summed E-state index contributed by atoms with van der Waals surface area (Å²) in [6.45, 7) is 5.49. The van der Waals surface area contributed by atoms with Gasteiger partial charge in [0.2, 0.25) is 0 Å². The molecular weight excluding hydrogens is 358 g/mol. The van der Waals surface area contributed by atoms with Gasteiger partial charge in [-0.05, 0) is 56.7 Å². The van der Waals surface area contributed by atoms with E-state index in [1.165, 1.54) is 12.8 Å². The van der Waals surface area contributed by atoms with Crippen molar-refractivity contribution in [1.82, 2.24) is 5.32 Å². The van der Waals surface area contributed by atoms with Gasteiger partial charge >= 0.3 is 0 Å². The molecule has 130 valence electrons. The zero-order valence-corrected chi connectivity index (χ0v) is 15.7. The Balaban J connectivity index is 2.12. The summed E-state index contributed by atoms with van der Waals surface area (Å²) in [7, 11) is 0. The van der Waals surface area contributed by atoms with Gasteiger partial charge in [-0.25, -0.2) is 0 Å². The molecule has 0 unspecified atom stereocenters. The predicted octanol–water partition coefficient (Wildman–Crippen LogP) is 4.03. The van der Waals surface area contributed by atoms with Crippen LogP contribution in [-0.2, 0) is 6.54 Å². The van der Waals surface area contributed by atoms with Crippen molar-refractivity contribution < 1.29 is 14.6 Å². The Kier molecular flexibility index (Phi) is 7.66. The van der Waals surface area contributed by atoms with Crippen LogP contribution in [0.1, 0.15) is 51.5 Å². The summed E-state index contributed by atoms with van der Waals surface area (Å²) in [6.07, 6.45) is 5.95. The van der Waals surface area contributed by atoms with Crippen LogP contribution in [0.15, 0.2) is 16.6 Å². The first-order chi connectivity index (χ1) is 11.2. The maximum Gasteiger partial charge on any atom is 0.162 e. The Bertz CT molecular complexity index is 485. The van der Waals surface area contributed by atoms with Crippen molar-refractivity contribution >= 4 is 15.9 Å². The molecule has 2 rings (SSSR count). The first-order valence-corrected chi connectivity index (χ1v) is 9.43. The molecule has 1 fully saturated rings. The summed E-state index contributed by atoms with van der Waals surface area (Å²) in [5, 5.41) is 12.7. The lowest BCUT2D eigenvalue weighted by Gasteiger charge is -2.20. The third kappa shape index (κ3) is 5.37. The Morgan fingerprint density at radius 2 is 2.00 bits per heavy atom. The number of ether oxygens (including phenoxy) is 2. The van der Waals surface area contributed by atoms with Crippen molar-refractivity contribution in [3.8, 4) is 11.5 Å². The highest BCUT2D eigenvalue weighted by Gasteiger charge is 2.20. The largest absolute Gasteiger partial charge is 0.490 e. The van der Waals surface area contributed by atoms with Crippen molar-refractivity contribution in [2.45, 2.75) is 64.6 Å². The van der Waals surface area contributed by atoms with E-state index in [0.717, 1.165) is 40.8 Å². The Morgan fingerprint density at radius 1 is 1.26 bits per heavy atom. The molecule has 0 spiro atoms. The maximum atomic E-state index is 9.30. The third-order valence-corrected chi connectivity index (χ3v) is 5.04. The summed E-state index contributed by atoms with van der Waals surface area (Å²) in [5.74, 6) is 1.63. The minimum Gasteiger partial charge on any atom is -0.490 e. The van der Waals surface area contributed by atoms with E-state index in [1.807, 2.05) is 19.1 Å². The molecule has 1 atom stereocenters. The number of hydrogen-bond donors (Lipinski definition) is 2. The Hall–Kier alpha value is -0.780. The minimum absolute atomic E-state index is 0.117. The van der Waals surface area contributed by atoms with Gasteiger partial charge in [-0.3, -0.25) is 0 Å². The quantitative estimate of drug-likeness (QED) is 0.673. The fraction of sp³-hybridized carbons (Fsp3) is 0.667. The Labute approximate surface area is 147 Å². The van der Waals surface area contributed by atoms with Crippen LogP contribution in [0, 0.1) is 0 Å². The van der Waals surface area contributed by atoms with Crippen LogP contribution in [0.5, 0.6) is 11.5 Å². The second-order valence-electron chi connectivity index (χ2n) is 6.02. The zero-order valence-electron chi connectivity index (χ0n) is 14.1. The number of aliphatic hydroxyl groups excluding tert-OH is 1. The van der Waals surface area contributed by atoms with Crippen molar-refractivity contribution in [3.05, 3.63) is 22.2 Å². The molecule has 0 saturated heterocycles. The summed E-state index contributed by atoms with van der Waals surface area (Å²) in [4.78, 5) is 0. The smallest absolute Gasteiger partial charge is 0.162 e. The summed E-state index contributed by atoms with van der Waals surface area (Å²) < 4.78 is 12.9. The number of benzene rings is 1. The highest BCUT2D eigenvalue weighted by Crippen LogP contribution is 2.36. The standard InChI is InChI=1S/C18H28BrNO3/c1-3-14(12-21)20-11-13-9-17(22-4-2)18(10-16(13)19)23-15-7-5-6-8-15/h9-10,14-15,20-21H,3-8,11-12H2,1-2H3/t14-/m0/s1. The second kappa shape index (κ2) is 9.50. The molecule has 0 amide bonds. The van der Waals surface area contributed by atoms with E-state index in [0.29, 0.717) is 19.3 Å². The van der Waals surface area contributed by atoms with Gasteiger partial charge < -0.3 is 19.9 Å². The van der Waals surface area contributed by atoms with E-state index in [4.69, 9.17) is 9.47 Å². The van der Waals surface area contributed by atoms with Gasteiger partial charge in [0.25, 0.3) is 0 Å². The van der Waals surface area contributed by atoms with Gasteiger partial charge in [0.1, 0.15) is 0 Å². The van der Waals surface area contributed by atoms with Gasteiger partial charge in [-0.15, -0.1) is 0 Å². The van der Waals surface area contributed by atoms with E-state index in [-0.39, 0.29) is 12.6 Å². The molecular formula is C18H28BrNO3. The van der Waals surface area contributed by atoms with Crippen LogP contribution in [-0.4, -0.2) is 30.5 Å². The lowest BCUT2D eigenvalue weighted by Crippen LogP contribution is -2.31. The van der Waals surface area contributed by atoms with E-state index in [2.05, 4.69) is 28.2 Å². The fourth-order valence-electron chi connectivity index (χ4n) is 2.85. The van der Waals surface area contributed by atoms with E-state index < -0.39 is 0 Å². The van der Waals surface area contributed by atoms with Gasteiger partial charge in [0.05, 0.1) is 19.3 Å². The summed E-state index contributed by atoms with van der Waals surface area (Å²) in [6, 6.07) is 4.17. The van der Waals surface area contributed by atoms with Crippen LogP contribution >= 0.6 is 15.9 Å². The van der Waals surface area contributed by atoms with Crippen molar-refractivity contribution in [2.24, 2.45) is 0 Å². The number of halogens is 1. The van der Waals surface area contributed by atoms with Crippen LogP contribution in [0.25, 0.3) is 0 Å². The molecule has 23 heavy (non-hydrogen) atoms. The highest BCUT2D eigenvalue weighted by molar-refractivity contribution is 9.10. The molecule has 1 saturated carbocycles. The molecule has 1 aliphatic carbocycles. The van der Waals surface area contributed by atoms with Crippen molar-refractivity contribution in [1.29, 1.82) is 0 Å². The first-order valence-electron chi connectivity index (χ1n) is 8.64. The monoisotopic (exact) mass is 385 g/mol. The third-order valence-electron chi connectivity index (χ3n) is 4.30. The van der Waals surface area contributed by atoms with Gasteiger partial charge in [0.15, 0.2) is 11.5 Å². The molecule has 1 aliphatic rings. The van der Waals surface area contributed by atoms with Crippen LogP contribution < -0.4 is 14.8 Å². The van der Waals surface area contributed by atoms with Gasteiger partial charge in [0, 0.05) is 17.1 Å². The number of rotatable bonds is 9. The zero-order chi connectivity index (χ0) is 16.7. The van der Waals surface area contributed by atoms with Crippen molar-refractivity contribution in [3.63, 3.8) is 0 Å². The molecule has 1 aromatic carbocycles. The minimum atomic E-state index is 0.117. The van der Waals surface area contributed by atoms with E-state index in [1.54, 1.807) is 0 Å². The average Bonchev–Trinajstić information content (AvgIpc) is 3.05. The molecule has 2 N–H and O–H groups in total. The topological polar surface area (TPSA) is 50.7 Å². The van der Waals surface area contributed by atoms with E-state index >= 15 is 0 Å². The van der Waals surface area contributed by atoms with Crippen molar-refractivity contribution in [2.75, 3.05) is 13.2 Å². The number of nitrogens with one attached hydrogen (secondary N) is 1.